The Bertz CT molecular complexity index is 300. The first-order valence-electron chi connectivity index (χ1n) is 4.65. The van der Waals surface area contributed by atoms with Gasteiger partial charge in [-0.25, -0.2) is 8.42 Å². The second-order valence-electron chi connectivity index (χ2n) is 3.54. The molecule has 0 atom stereocenters. The molecule has 0 aliphatic carbocycles. The summed E-state index contributed by atoms with van der Waals surface area (Å²) in [5.41, 5.74) is 0. The van der Waals surface area contributed by atoms with Crippen LogP contribution < -0.4 is 5.32 Å². The first kappa shape index (κ1) is 11.5. The van der Waals surface area contributed by atoms with Gasteiger partial charge in [0.15, 0.2) is 0 Å². The van der Waals surface area contributed by atoms with Gasteiger partial charge in [0.1, 0.15) is 9.84 Å². The molecule has 82 valence electrons. The number of rotatable bonds is 4. The van der Waals surface area contributed by atoms with Gasteiger partial charge in [-0.2, -0.15) is 0 Å². The maximum atomic E-state index is 11.3. The lowest BCUT2D eigenvalue weighted by Crippen LogP contribution is -2.48. The molecule has 1 aliphatic heterocycles. The van der Waals surface area contributed by atoms with Crippen molar-refractivity contribution in [3.05, 3.63) is 0 Å². The number of carbonyl (C=O) groups excluding carboxylic acids is 1. The summed E-state index contributed by atoms with van der Waals surface area (Å²) in [5, 5.41) is 2.96. The number of amides is 1. The minimum absolute atomic E-state index is 0.0600. The molecule has 6 heteroatoms. The van der Waals surface area contributed by atoms with E-state index in [4.69, 9.17) is 0 Å². The van der Waals surface area contributed by atoms with Crippen LogP contribution in [0.2, 0.25) is 0 Å². The molecule has 5 nitrogen and oxygen atoms in total. The standard InChI is InChI=1S/C8H16N2O3S/c1-14(12,13)6-2-4-10-5-3-9-7-8(10)11/h9H,2-7H2,1H3. The van der Waals surface area contributed by atoms with Crippen LogP contribution in [-0.4, -0.2) is 57.4 Å². The van der Waals surface area contributed by atoms with E-state index in [-0.39, 0.29) is 11.7 Å². The van der Waals surface area contributed by atoms with Gasteiger partial charge in [0.05, 0.1) is 12.3 Å². The van der Waals surface area contributed by atoms with E-state index in [1.54, 1.807) is 4.90 Å². The van der Waals surface area contributed by atoms with Gasteiger partial charge in [-0.05, 0) is 6.42 Å². The molecule has 1 fully saturated rings. The van der Waals surface area contributed by atoms with Gasteiger partial charge in [-0.3, -0.25) is 4.79 Å². The molecule has 0 aromatic heterocycles. The van der Waals surface area contributed by atoms with Crippen molar-refractivity contribution < 1.29 is 13.2 Å². The normalized spacial score (nSPS) is 18.6. The molecule has 0 radical (unpaired) electrons. The van der Waals surface area contributed by atoms with E-state index in [1.807, 2.05) is 0 Å². The molecule has 1 amide bonds. The summed E-state index contributed by atoms with van der Waals surface area (Å²) >= 11 is 0. The molecule has 1 N–H and O–H groups in total. The van der Waals surface area contributed by atoms with E-state index in [9.17, 15) is 13.2 Å². The molecular formula is C8H16N2O3S. The highest BCUT2D eigenvalue weighted by Gasteiger charge is 2.17. The second kappa shape index (κ2) is 4.75. The Labute approximate surface area is 84.4 Å². The lowest BCUT2D eigenvalue weighted by atomic mass is 10.3. The lowest BCUT2D eigenvalue weighted by molar-refractivity contribution is -0.131. The highest BCUT2D eigenvalue weighted by Crippen LogP contribution is 1.98. The van der Waals surface area contributed by atoms with Crippen LogP contribution >= 0.6 is 0 Å². The number of nitrogens with zero attached hydrogens (tertiary/aromatic N) is 1. The SMILES string of the molecule is CS(=O)(=O)CCCN1CCNCC1=O. The molecule has 1 aliphatic rings. The average Bonchev–Trinajstić information content (AvgIpc) is 2.06. The van der Waals surface area contributed by atoms with Gasteiger partial charge in [-0.15, -0.1) is 0 Å². The van der Waals surface area contributed by atoms with Crippen molar-refractivity contribution in [1.29, 1.82) is 0 Å². The molecule has 0 aromatic carbocycles. The van der Waals surface area contributed by atoms with Gasteiger partial charge in [0, 0.05) is 25.9 Å². The van der Waals surface area contributed by atoms with Crippen LogP contribution in [0.25, 0.3) is 0 Å². The summed E-state index contributed by atoms with van der Waals surface area (Å²) in [6, 6.07) is 0. The van der Waals surface area contributed by atoms with Crippen LogP contribution in [0.1, 0.15) is 6.42 Å². The number of carbonyl (C=O) groups is 1. The summed E-state index contributed by atoms with van der Waals surface area (Å²) < 4.78 is 21.7. The maximum absolute atomic E-state index is 11.3. The molecule has 0 unspecified atom stereocenters. The molecule has 1 rings (SSSR count). The smallest absolute Gasteiger partial charge is 0.236 e. The Morgan fingerprint density at radius 2 is 2.21 bits per heavy atom. The van der Waals surface area contributed by atoms with Crippen molar-refractivity contribution in [3.8, 4) is 0 Å². The Hall–Kier alpha value is -0.620. The summed E-state index contributed by atoms with van der Waals surface area (Å²) in [4.78, 5) is 13.0. The van der Waals surface area contributed by atoms with Crippen molar-refractivity contribution in [3.63, 3.8) is 0 Å². The van der Waals surface area contributed by atoms with Crippen molar-refractivity contribution in [1.82, 2.24) is 10.2 Å². The minimum atomic E-state index is -2.90. The fraction of sp³-hybridized carbons (Fsp3) is 0.875. The fourth-order valence-electron chi connectivity index (χ4n) is 1.40. The predicted molar refractivity (Wildman–Crippen MR) is 53.8 cm³/mol. The van der Waals surface area contributed by atoms with Crippen molar-refractivity contribution in [2.45, 2.75) is 6.42 Å². The Kier molecular flexibility index (Phi) is 3.88. The van der Waals surface area contributed by atoms with E-state index >= 15 is 0 Å². The van der Waals surface area contributed by atoms with Crippen LogP contribution in [0.4, 0.5) is 0 Å². The number of sulfone groups is 1. The predicted octanol–water partition coefficient (Wildman–Crippen LogP) is -1.15. The molecule has 14 heavy (non-hydrogen) atoms. The highest BCUT2D eigenvalue weighted by atomic mass is 32.2. The first-order valence-corrected chi connectivity index (χ1v) is 6.71. The molecule has 1 saturated heterocycles. The van der Waals surface area contributed by atoms with Gasteiger partial charge in [0.25, 0.3) is 0 Å². The van der Waals surface area contributed by atoms with Crippen LogP contribution in [-0.2, 0) is 14.6 Å². The number of hydrogen-bond donors (Lipinski definition) is 1. The summed E-state index contributed by atoms with van der Waals surface area (Å²) in [5.74, 6) is 0.217. The van der Waals surface area contributed by atoms with Crippen LogP contribution in [0, 0.1) is 0 Å². The van der Waals surface area contributed by atoms with Gasteiger partial charge in [-0.1, -0.05) is 0 Å². The van der Waals surface area contributed by atoms with Crippen molar-refractivity contribution in [2.24, 2.45) is 0 Å². The zero-order valence-corrected chi connectivity index (χ0v) is 9.14. The zero-order valence-electron chi connectivity index (χ0n) is 8.32. The van der Waals surface area contributed by atoms with E-state index in [1.165, 1.54) is 6.26 Å². The fourth-order valence-corrected chi connectivity index (χ4v) is 2.05. The monoisotopic (exact) mass is 220 g/mol. The van der Waals surface area contributed by atoms with E-state index < -0.39 is 9.84 Å². The number of nitrogens with one attached hydrogen (secondary N) is 1. The Balaban J connectivity index is 2.27. The van der Waals surface area contributed by atoms with Gasteiger partial charge >= 0.3 is 0 Å². The van der Waals surface area contributed by atoms with Crippen LogP contribution in [0.3, 0.4) is 0 Å². The molecule has 0 aromatic rings. The Morgan fingerprint density at radius 1 is 1.50 bits per heavy atom. The summed E-state index contributed by atoms with van der Waals surface area (Å²) in [7, 11) is -2.90. The highest BCUT2D eigenvalue weighted by molar-refractivity contribution is 7.90. The number of hydrogen-bond acceptors (Lipinski definition) is 4. The quantitative estimate of drug-likeness (QED) is 0.650. The van der Waals surface area contributed by atoms with Crippen LogP contribution in [0.15, 0.2) is 0 Å². The third kappa shape index (κ3) is 4.06. The zero-order chi connectivity index (χ0) is 10.6. The molecule has 1 heterocycles. The van der Waals surface area contributed by atoms with Crippen molar-refractivity contribution in [2.75, 3.05) is 38.2 Å². The van der Waals surface area contributed by atoms with E-state index in [2.05, 4.69) is 5.32 Å². The lowest BCUT2D eigenvalue weighted by Gasteiger charge is -2.27. The summed E-state index contributed by atoms with van der Waals surface area (Å²) in [6.45, 7) is 2.40. The summed E-state index contributed by atoms with van der Waals surface area (Å²) in [6.07, 6.45) is 1.75. The van der Waals surface area contributed by atoms with Gasteiger partial charge < -0.3 is 10.2 Å². The topological polar surface area (TPSA) is 66.5 Å². The van der Waals surface area contributed by atoms with Gasteiger partial charge in [0.2, 0.25) is 5.91 Å². The van der Waals surface area contributed by atoms with E-state index in [0.29, 0.717) is 26.1 Å². The largest absolute Gasteiger partial charge is 0.340 e. The first-order chi connectivity index (χ1) is 6.49. The van der Waals surface area contributed by atoms with Crippen LogP contribution in [0.5, 0.6) is 0 Å². The molecular weight excluding hydrogens is 204 g/mol. The average molecular weight is 220 g/mol. The molecule has 0 bridgehead atoms. The molecule has 0 spiro atoms. The van der Waals surface area contributed by atoms with Crippen molar-refractivity contribution >= 4 is 15.7 Å². The third-order valence-corrected chi connectivity index (χ3v) is 3.16. The number of piperazine rings is 1. The minimum Gasteiger partial charge on any atom is -0.340 e. The maximum Gasteiger partial charge on any atom is 0.236 e. The van der Waals surface area contributed by atoms with E-state index in [0.717, 1.165) is 6.54 Å². The Morgan fingerprint density at radius 3 is 2.79 bits per heavy atom. The third-order valence-electron chi connectivity index (χ3n) is 2.13. The second-order valence-corrected chi connectivity index (χ2v) is 5.80. The molecule has 0 saturated carbocycles.